The van der Waals surface area contributed by atoms with Crippen molar-refractivity contribution in [3.8, 4) is 6.07 Å². The fourth-order valence-corrected chi connectivity index (χ4v) is 1.51. The average Bonchev–Trinajstić information content (AvgIpc) is 2.47. The van der Waals surface area contributed by atoms with Crippen LogP contribution in [0.1, 0.15) is 11.4 Å². The molecule has 0 aliphatic heterocycles. The second-order valence-corrected chi connectivity index (χ2v) is 3.13. The van der Waals surface area contributed by atoms with Crippen LogP contribution in [0.15, 0.2) is 12.4 Å². The third kappa shape index (κ3) is 1.12. The van der Waals surface area contributed by atoms with Crippen LogP contribution in [-0.2, 0) is 0 Å². The van der Waals surface area contributed by atoms with E-state index in [9.17, 15) is 0 Å². The van der Waals surface area contributed by atoms with E-state index < -0.39 is 0 Å². The molecule has 0 saturated heterocycles. The summed E-state index contributed by atoms with van der Waals surface area (Å²) in [6.45, 7) is 1.89. The monoisotopic (exact) mass is 190 g/mol. The molecule has 0 aliphatic rings. The first-order chi connectivity index (χ1) is 6.22. The molecular formula is C8H6N4S. The summed E-state index contributed by atoms with van der Waals surface area (Å²) in [5.41, 5.74) is 1.96. The van der Waals surface area contributed by atoms with Crippen LogP contribution in [0.4, 0.5) is 0 Å². The van der Waals surface area contributed by atoms with Crippen LogP contribution in [0.5, 0.6) is 0 Å². The Labute approximate surface area is 79.5 Å². The Bertz CT molecular complexity index is 558. The zero-order valence-electron chi connectivity index (χ0n) is 6.90. The standard InChI is InChI=1S/C8H6N4S/c1-5-2-7(13)12-4-10-6(3-9)8(12)11-5/h2,4,11H,1H3. The summed E-state index contributed by atoms with van der Waals surface area (Å²) in [4.78, 5) is 6.96. The molecule has 64 valence electrons. The predicted molar refractivity (Wildman–Crippen MR) is 49.8 cm³/mol. The fraction of sp³-hybridized carbons (Fsp3) is 0.125. The first kappa shape index (κ1) is 7.95. The minimum atomic E-state index is 0.370. The van der Waals surface area contributed by atoms with Crippen molar-refractivity contribution in [1.29, 1.82) is 5.26 Å². The number of nitrogens with zero attached hydrogens (tertiary/aromatic N) is 3. The quantitative estimate of drug-likeness (QED) is 0.641. The largest absolute Gasteiger partial charge is 0.343 e. The van der Waals surface area contributed by atoms with Crippen molar-refractivity contribution in [2.75, 3.05) is 0 Å². The molecule has 0 radical (unpaired) electrons. The van der Waals surface area contributed by atoms with Gasteiger partial charge in [0, 0.05) is 5.69 Å². The number of aromatic nitrogens is 3. The summed E-state index contributed by atoms with van der Waals surface area (Å²) >= 11 is 5.10. The van der Waals surface area contributed by atoms with Crippen molar-refractivity contribution >= 4 is 17.9 Å². The highest BCUT2D eigenvalue weighted by atomic mass is 32.1. The number of nitriles is 1. The first-order valence-electron chi connectivity index (χ1n) is 3.69. The zero-order valence-corrected chi connectivity index (χ0v) is 7.72. The van der Waals surface area contributed by atoms with Crippen LogP contribution in [0.25, 0.3) is 5.65 Å². The number of H-pyrrole nitrogens is 1. The molecule has 2 aromatic rings. The van der Waals surface area contributed by atoms with Crippen LogP contribution in [0, 0.1) is 22.9 Å². The lowest BCUT2D eigenvalue weighted by molar-refractivity contribution is 1.06. The summed E-state index contributed by atoms with van der Waals surface area (Å²) in [6, 6.07) is 3.82. The molecule has 1 N–H and O–H groups in total. The molecule has 2 heterocycles. The summed E-state index contributed by atoms with van der Waals surface area (Å²) in [6.07, 6.45) is 1.55. The molecule has 5 heteroatoms. The molecular weight excluding hydrogens is 184 g/mol. The number of fused-ring (bicyclic) bond motifs is 1. The maximum atomic E-state index is 8.73. The second kappa shape index (κ2) is 2.68. The van der Waals surface area contributed by atoms with Crippen molar-refractivity contribution in [2.45, 2.75) is 6.92 Å². The maximum Gasteiger partial charge on any atom is 0.183 e. The molecule has 2 rings (SSSR count). The lowest BCUT2D eigenvalue weighted by atomic mass is 10.4. The first-order valence-corrected chi connectivity index (χ1v) is 4.10. The van der Waals surface area contributed by atoms with E-state index in [1.54, 1.807) is 10.7 Å². The van der Waals surface area contributed by atoms with E-state index >= 15 is 0 Å². The van der Waals surface area contributed by atoms with Crippen LogP contribution < -0.4 is 0 Å². The van der Waals surface area contributed by atoms with Gasteiger partial charge in [-0.1, -0.05) is 12.2 Å². The molecule has 0 atom stereocenters. The van der Waals surface area contributed by atoms with Crippen LogP contribution in [0.2, 0.25) is 0 Å². The smallest absolute Gasteiger partial charge is 0.183 e. The third-order valence-electron chi connectivity index (χ3n) is 1.77. The van der Waals surface area contributed by atoms with Crippen LogP contribution in [-0.4, -0.2) is 14.4 Å². The predicted octanol–water partition coefficient (Wildman–Crippen LogP) is 1.57. The highest BCUT2D eigenvalue weighted by molar-refractivity contribution is 7.71. The van der Waals surface area contributed by atoms with E-state index in [-0.39, 0.29) is 0 Å². The zero-order chi connectivity index (χ0) is 9.42. The minimum Gasteiger partial charge on any atom is -0.343 e. The number of nitrogens with one attached hydrogen (secondary N) is 1. The SMILES string of the molecule is Cc1cc(=S)n2cnc(C#N)c2[nH]1. The molecule has 4 nitrogen and oxygen atoms in total. The van der Waals surface area contributed by atoms with Gasteiger partial charge in [0.05, 0.1) is 0 Å². The number of aryl methyl sites for hydroxylation is 1. The number of imidazole rings is 1. The molecule has 0 spiro atoms. The van der Waals surface area contributed by atoms with Gasteiger partial charge in [0.25, 0.3) is 0 Å². The molecule has 0 aromatic carbocycles. The lowest BCUT2D eigenvalue weighted by Gasteiger charge is -1.96. The van der Waals surface area contributed by atoms with Gasteiger partial charge in [-0.15, -0.1) is 0 Å². The molecule has 2 aromatic heterocycles. The Hall–Kier alpha value is -1.67. The second-order valence-electron chi connectivity index (χ2n) is 2.71. The highest BCUT2D eigenvalue weighted by Gasteiger charge is 2.03. The number of rotatable bonds is 0. The lowest BCUT2D eigenvalue weighted by Crippen LogP contribution is -1.91. The molecule has 0 amide bonds. The molecule has 0 saturated carbocycles. The van der Waals surface area contributed by atoms with E-state index in [0.717, 1.165) is 5.69 Å². The van der Waals surface area contributed by atoms with Crippen molar-refractivity contribution in [3.63, 3.8) is 0 Å². The maximum absolute atomic E-state index is 8.73. The van der Waals surface area contributed by atoms with Gasteiger partial charge in [0.15, 0.2) is 11.3 Å². The highest BCUT2D eigenvalue weighted by Crippen LogP contribution is 2.07. The van der Waals surface area contributed by atoms with Crippen LogP contribution in [0.3, 0.4) is 0 Å². The van der Waals surface area contributed by atoms with Crippen molar-refractivity contribution in [2.24, 2.45) is 0 Å². The minimum absolute atomic E-state index is 0.370. The van der Waals surface area contributed by atoms with Gasteiger partial charge < -0.3 is 4.98 Å². The number of aromatic amines is 1. The van der Waals surface area contributed by atoms with Crippen molar-refractivity contribution in [1.82, 2.24) is 14.4 Å². The molecule has 0 aliphatic carbocycles. The van der Waals surface area contributed by atoms with E-state index in [4.69, 9.17) is 17.5 Å². The summed E-state index contributed by atoms with van der Waals surface area (Å²) in [5.74, 6) is 0. The van der Waals surface area contributed by atoms with Crippen LogP contribution >= 0.6 is 12.2 Å². The Morgan fingerprint density at radius 3 is 3.15 bits per heavy atom. The third-order valence-corrected chi connectivity index (χ3v) is 2.08. The molecule has 0 bridgehead atoms. The van der Waals surface area contributed by atoms with Gasteiger partial charge in [-0.2, -0.15) is 5.26 Å². The summed E-state index contributed by atoms with van der Waals surface area (Å²) in [5, 5.41) is 8.73. The Morgan fingerprint density at radius 2 is 2.46 bits per heavy atom. The van der Waals surface area contributed by atoms with Gasteiger partial charge in [-0.05, 0) is 13.0 Å². The van der Waals surface area contributed by atoms with Crippen molar-refractivity contribution < 1.29 is 0 Å². The van der Waals surface area contributed by atoms with Crippen molar-refractivity contribution in [3.05, 3.63) is 28.4 Å². The topological polar surface area (TPSA) is 56.9 Å². The number of hydrogen-bond acceptors (Lipinski definition) is 3. The Kier molecular flexibility index (Phi) is 1.64. The van der Waals surface area contributed by atoms with E-state index in [1.807, 2.05) is 19.1 Å². The van der Waals surface area contributed by atoms with Gasteiger partial charge >= 0.3 is 0 Å². The van der Waals surface area contributed by atoms with E-state index in [1.165, 1.54) is 0 Å². The normalized spacial score (nSPS) is 10.2. The number of hydrogen-bond donors (Lipinski definition) is 1. The Morgan fingerprint density at radius 1 is 1.69 bits per heavy atom. The van der Waals surface area contributed by atoms with E-state index in [0.29, 0.717) is 16.0 Å². The van der Waals surface area contributed by atoms with E-state index in [2.05, 4.69) is 9.97 Å². The summed E-state index contributed by atoms with van der Waals surface area (Å²) in [7, 11) is 0. The van der Waals surface area contributed by atoms with Gasteiger partial charge in [-0.3, -0.25) is 4.40 Å². The average molecular weight is 190 g/mol. The molecule has 0 unspecified atom stereocenters. The van der Waals surface area contributed by atoms with Gasteiger partial charge in [0.2, 0.25) is 0 Å². The fourth-order valence-electron chi connectivity index (χ4n) is 1.19. The Balaban J connectivity index is 3.00. The van der Waals surface area contributed by atoms with Gasteiger partial charge in [-0.25, -0.2) is 4.98 Å². The molecule has 0 fully saturated rings. The summed E-state index contributed by atoms with van der Waals surface area (Å²) < 4.78 is 2.33. The molecule has 13 heavy (non-hydrogen) atoms. The van der Waals surface area contributed by atoms with Gasteiger partial charge in [0.1, 0.15) is 17.0 Å².